The van der Waals surface area contributed by atoms with Crippen LogP contribution in [0.15, 0.2) is 5.11 Å². The predicted molar refractivity (Wildman–Crippen MR) is 44.4 cm³/mol. The summed E-state index contributed by atoms with van der Waals surface area (Å²) in [6, 6.07) is 0. The van der Waals surface area contributed by atoms with Gasteiger partial charge in [0.25, 0.3) is 5.91 Å². The van der Waals surface area contributed by atoms with E-state index in [2.05, 4.69) is 14.9 Å². The molecule has 0 aromatic carbocycles. The third-order valence-corrected chi connectivity index (χ3v) is 1.46. The van der Waals surface area contributed by atoms with Crippen LogP contribution in [0.25, 0.3) is 10.4 Å². The number of carbonyl (C=O) groups excluding carboxylic acids is 1. The number of amides is 1. The maximum absolute atomic E-state index is 11.3. The van der Waals surface area contributed by atoms with Gasteiger partial charge in [0.05, 0.1) is 13.7 Å². The summed E-state index contributed by atoms with van der Waals surface area (Å²) in [5.41, 5.74) is 6.27. The molecule has 74 valence electrons. The highest BCUT2D eigenvalue weighted by Gasteiger charge is 2.32. The lowest BCUT2D eigenvalue weighted by Gasteiger charge is -2.24. The number of likely N-dealkylation sites (N-methyl/N-ethyl adjacent to an activating group) is 1. The fraction of sp³-hybridized carbons (Fsp3) is 0.833. The van der Waals surface area contributed by atoms with Crippen LogP contribution in [0.2, 0.25) is 0 Å². The SMILES string of the molecule is CON(C)C(=O)[C@@](C)(O)CN=[N+]=[N-]. The normalized spacial score (nSPS) is 14.2. The molecule has 0 aliphatic carbocycles. The zero-order chi connectivity index (χ0) is 10.5. The van der Waals surface area contributed by atoms with E-state index in [1.807, 2.05) is 0 Å². The Morgan fingerprint density at radius 1 is 1.85 bits per heavy atom. The summed E-state index contributed by atoms with van der Waals surface area (Å²) in [7, 11) is 2.65. The molecule has 0 aliphatic heterocycles. The minimum absolute atomic E-state index is 0.323. The summed E-state index contributed by atoms with van der Waals surface area (Å²) in [6.45, 7) is 0.926. The lowest BCUT2D eigenvalue weighted by atomic mass is 10.1. The minimum atomic E-state index is -1.73. The molecule has 0 saturated heterocycles. The van der Waals surface area contributed by atoms with Gasteiger partial charge in [-0.15, -0.1) is 0 Å². The third-order valence-electron chi connectivity index (χ3n) is 1.46. The molecule has 1 atom stereocenters. The lowest BCUT2D eigenvalue weighted by molar-refractivity contribution is -0.186. The average molecular weight is 188 g/mol. The smallest absolute Gasteiger partial charge is 0.277 e. The molecule has 0 unspecified atom stereocenters. The monoisotopic (exact) mass is 188 g/mol. The predicted octanol–water partition coefficient (Wildman–Crippen LogP) is 0.0675. The van der Waals surface area contributed by atoms with Gasteiger partial charge in [0.2, 0.25) is 0 Å². The Morgan fingerprint density at radius 2 is 2.38 bits per heavy atom. The molecule has 13 heavy (non-hydrogen) atoms. The first-order valence-electron chi connectivity index (χ1n) is 3.51. The standard InChI is InChI=1S/C6H12N4O3/c1-6(12,4-8-9-7)5(11)10(2)13-3/h12H,4H2,1-3H3/t6-/m0/s1. The maximum atomic E-state index is 11.3. The number of hydrogen-bond donors (Lipinski definition) is 1. The second-order valence-corrected chi connectivity index (χ2v) is 2.65. The van der Waals surface area contributed by atoms with Gasteiger partial charge in [-0.05, 0) is 12.5 Å². The number of hydrogen-bond acceptors (Lipinski definition) is 4. The molecule has 0 aliphatic rings. The molecular formula is C6H12N4O3. The van der Waals surface area contributed by atoms with E-state index < -0.39 is 11.5 Å². The number of azide groups is 1. The van der Waals surface area contributed by atoms with Crippen LogP contribution in [0.1, 0.15) is 6.92 Å². The first-order valence-corrected chi connectivity index (χ1v) is 3.51. The number of hydroxylamine groups is 2. The molecule has 7 nitrogen and oxygen atoms in total. The van der Waals surface area contributed by atoms with Crippen LogP contribution in [0.5, 0.6) is 0 Å². The van der Waals surface area contributed by atoms with Gasteiger partial charge >= 0.3 is 0 Å². The van der Waals surface area contributed by atoms with E-state index in [4.69, 9.17) is 5.53 Å². The van der Waals surface area contributed by atoms with Crippen molar-refractivity contribution in [2.45, 2.75) is 12.5 Å². The van der Waals surface area contributed by atoms with Crippen molar-refractivity contribution in [2.24, 2.45) is 5.11 Å². The van der Waals surface area contributed by atoms with Crippen molar-refractivity contribution >= 4 is 5.91 Å². The highest BCUT2D eigenvalue weighted by Crippen LogP contribution is 2.08. The number of nitrogens with zero attached hydrogens (tertiary/aromatic N) is 4. The van der Waals surface area contributed by atoms with E-state index in [0.717, 1.165) is 5.06 Å². The van der Waals surface area contributed by atoms with Crippen LogP contribution in [-0.4, -0.2) is 42.4 Å². The van der Waals surface area contributed by atoms with Crippen molar-refractivity contribution in [2.75, 3.05) is 20.7 Å². The maximum Gasteiger partial charge on any atom is 0.277 e. The molecule has 1 amide bonds. The van der Waals surface area contributed by atoms with E-state index in [1.165, 1.54) is 21.1 Å². The number of aliphatic hydroxyl groups is 1. The minimum Gasteiger partial charge on any atom is -0.380 e. The third kappa shape index (κ3) is 3.29. The van der Waals surface area contributed by atoms with E-state index in [9.17, 15) is 9.90 Å². The van der Waals surface area contributed by atoms with Gasteiger partial charge in [0.1, 0.15) is 5.60 Å². The Kier molecular flexibility index (Phi) is 4.19. The van der Waals surface area contributed by atoms with Gasteiger partial charge in [-0.25, -0.2) is 5.06 Å². The van der Waals surface area contributed by atoms with Crippen molar-refractivity contribution in [3.05, 3.63) is 10.4 Å². The van der Waals surface area contributed by atoms with Crippen LogP contribution in [0, 0.1) is 0 Å². The van der Waals surface area contributed by atoms with Crippen LogP contribution in [-0.2, 0) is 9.63 Å². The first kappa shape index (κ1) is 11.7. The van der Waals surface area contributed by atoms with Gasteiger partial charge in [0, 0.05) is 12.0 Å². The molecule has 0 spiro atoms. The Bertz CT molecular complexity index is 234. The van der Waals surface area contributed by atoms with Crippen molar-refractivity contribution in [3.8, 4) is 0 Å². The fourth-order valence-electron chi connectivity index (χ4n) is 0.659. The highest BCUT2D eigenvalue weighted by molar-refractivity contribution is 5.83. The Morgan fingerprint density at radius 3 is 2.77 bits per heavy atom. The molecule has 0 saturated carbocycles. The largest absolute Gasteiger partial charge is 0.380 e. The van der Waals surface area contributed by atoms with E-state index >= 15 is 0 Å². The van der Waals surface area contributed by atoms with Crippen LogP contribution in [0.4, 0.5) is 0 Å². The van der Waals surface area contributed by atoms with Crippen molar-refractivity contribution in [3.63, 3.8) is 0 Å². The van der Waals surface area contributed by atoms with Crippen LogP contribution < -0.4 is 0 Å². The second-order valence-electron chi connectivity index (χ2n) is 2.65. The molecule has 0 aromatic heterocycles. The zero-order valence-electron chi connectivity index (χ0n) is 7.76. The van der Waals surface area contributed by atoms with E-state index in [-0.39, 0.29) is 6.54 Å². The first-order chi connectivity index (χ1) is 5.95. The van der Waals surface area contributed by atoms with Gasteiger partial charge in [-0.3, -0.25) is 9.63 Å². The molecule has 7 heteroatoms. The van der Waals surface area contributed by atoms with Crippen molar-refractivity contribution in [1.82, 2.24) is 5.06 Å². The number of rotatable bonds is 4. The Labute approximate surface area is 75.5 Å². The molecule has 0 aromatic rings. The summed E-state index contributed by atoms with van der Waals surface area (Å²) in [5.74, 6) is -0.664. The van der Waals surface area contributed by atoms with Crippen LogP contribution in [0.3, 0.4) is 0 Å². The second kappa shape index (κ2) is 4.66. The van der Waals surface area contributed by atoms with Crippen LogP contribution >= 0.6 is 0 Å². The summed E-state index contributed by atoms with van der Waals surface area (Å²) in [4.78, 5) is 18.3. The quantitative estimate of drug-likeness (QED) is 0.292. The fourth-order valence-corrected chi connectivity index (χ4v) is 0.659. The topological polar surface area (TPSA) is 98.5 Å². The van der Waals surface area contributed by atoms with Gasteiger partial charge < -0.3 is 5.11 Å². The summed E-state index contributed by atoms with van der Waals surface area (Å²) in [6.07, 6.45) is 0. The average Bonchev–Trinajstić information content (AvgIpc) is 2.12. The molecule has 0 bridgehead atoms. The zero-order valence-corrected chi connectivity index (χ0v) is 7.76. The lowest BCUT2D eigenvalue weighted by Crippen LogP contribution is -2.47. The summed E-state index contributed by atoms with van der Waals surface area (Å²) in [5, 5.41) is 13.5. The van der Waals surface area contributed by atoms with E-state index in [0.29, 0.717) is 0 Å². The molecule has 0 fully saturated rings. The Hall–Kier alpha value is -1.30. The van der Waals surface area contributed by atoms with Crippen molar-refractivity contribution < 1.29 is 14.7 Å². The number of carbonyl (C=O) groups is 1. The summed E-state index contributed by atoms with van der Waals surface area (Å²) >= 11 is 0. The Balaban J connectivity index is 4.43. The molecular weight excluding hydrogens is 176 g/mol. The summed E-state index contributed by atoms with van der Waals surface area (Å²) < 4.78 is 0. The van der Waals surface area contributed by atoms with Gasteiger partial charge in [-0.1, -0.05) is 5.11 Å². The molecule has 0 rings (SSSR count). The van der Waals surface area contributed by atoms with E-state index in [1.54, 1.807) is 0 Å². The van der Waals surface area contributed by atoms with Crippen molar-refractivity contribution in [1.29, 1.82) is 0 Å². The highest BCUT2D eigenvalue weighted by atomic mass is 16.7. The molecule has 1 N–H and O–H groups in total. The van der Waals surface area contributed by atoms with Gasteiger partial charge in [0.15, 0.2) is 0 Å². The molecule has 0 radical (unpaired) electrons. The van der Waals surface area contributed by atoms with Gasteiger partial charge in [-0.2, -0.15) is 0 Å². The molecule has 0 heterocycles.